The molecule has 0 spiro atoms. The summed E-state index contributed by atoms with van der Waals surface area (Å²) in [6.07, 6.45) is 7.88. The fourth-order valence-electron chi connectivity index (χ4n) is 3.16. The van der Waals surface area contributed by atoms with Gasteiger partial charge in [-0.15, -0.1) is 4.73 Å². The zero-order valence-corrected chi connectivity index (χ0v) is 12.8. The SMILES string of the molecule is O=c1c2ncn(C3CCCC3)c2ncn1OCc1ccccc1. The second-order valence-electron chi connectivity index (χ2n) is 5.90. The van der Waals surface area contributed by atoms with E-state index in [0.717, 1.165) is 18.4 Å². The van der Waals surface area contributed by atoms with E-state index in [1.165, 1.54) is 23.9 Å². The Kier molecular flexibility index (Phi) is 3.57. The summed E-state index contributed by atoms with van der Waals surface area (Å²) in [7, 11) is 0. The molecule has 0 saturated heterocycles. The van der Waals surface area contributed by atoms with E-state index in [-0.39, 0.29) is 5.56 Å². The molecular weight excluding hydrogens is 292 g/mol. The van der Waals surface area contributed by atoms with Crippen LogP contribution in [0.4, 0.5) is 0 Å². The van der Waals surface area contributed by atoms with Crippen LogP contribution in [0, 0.1) is 0 Å². The van der Waals surface area contributed by atoms with E-state index in [0.29, 0.717) is 23.8 Å². The van der Waals surface area contributed by atoms with Gasteiger partial charge in [0, 0.05) is 6.04 Å². The summed E-state index contributed by atoms with van der Waals surface area (Å²) in [5, 5.41) is 0. The summed E-state index contributed by atoms with van der Waals surface area (Å²) in [4.78, 5) is 26.7. The van der Waals surface area contributed by atoms with Gasteiger partial charge >= 0.3 is 5.56 Å². The van der Waals surface area contributed by atoms with Gasteiger partial charge in [0.25, 0.3) is 0 Å². The second-order valence-corrected chi connectivity index (χ2v) is 5.90. The molecule has 0 unspecified atom stereocenters. The van der Waals surface area contributed by atoms with Gasteiger partial charge in [-0.05, 0) is 18.4 Å². The van der Waals surface area contributed by atoms with E-state index < -0.39 is 0 Å². The van der Waals surface area contributed by atoms with Crippen molar-refractivity contribution in [1.82, 2.24) is 19.3 Å². The molecule has 1 aromatic carbocycles. The molecule has 1 aliphatic carbocycles. The third-order valence-electron chi connectivity index (χ3n) is 4.39. The van der Waals surface area contributed by atoms with Gasteiger partial charge in [-0.1, -0.05) is 43.2 Å². The number of rotatable bonds is 4. The Balaban J connectivity index is 1.62. The normalized spacial score (nSPS) is 15.3. The highest BCUT2D eigenvalue weighted by Gasteiger charge is 2.21. The fraction of sp³-hybridized carbons (Fsp3) is 0.353. The predicted molar refractivity (Wildman–Crippen MR) is 86.0 cm³/mol. The average Bonchev–Trinajstić information content (AvgIpc) is 3.24. The maximum Gasteiger partial charge on any atom is 0.314 e. The lowest BCUT2D eigenvalue weighted by Gasteiger charge is -2.12. The molecule has 0 bridgehead atoms. The molecule has 0 amide bonds. The van der Waals surface area contributed by atoms with Crippen molar-refractivity contribution in [2.45, 2.75) is 38.3 Å². The highest BCUT2D eigenvalue weighted by atomic mass is 16.7. The monoisotopic (exact) mass is 310 g/mol. The van der Waals surface area contributed by atoms with Gasteiger partial charge in [0.1, 0.15) is 12.9 Å². The van der Waals surface area contributed by atoms with Gasteiger partial charge in [-0.25, -0.2) is 9.97 Å². The molecule has 1 aliphatic rings. The largest absolute Gasteiger partial charge is 0.404 e. The van der Waals surface area contributed by atoms with E-state index in [9.17, 15) is 4.79 Å². The first-order valence-electron chi connectivity index (χ1n) is 7.94. The minimum absolute atomic E-state index is 0.261. The minimum Gasteiger partial charge on any atom is -0.404 e. The molecule has 0 atom stereocenters. The van der Waals surface area contributed by atoms with Crippen molar-refractivity contribution in [3.8, 4) is 0 Å². The second kappa shape index (κ2) is 5.87. The number of aromatic nitrogens is 4. The average molecular weight is 310 g/mol. The van der Waals surface area contributed by atoms with Crippen LogP contribution in [0.25, 0.3) is 11.2 Å². The number of hydrogen-bond donors (Lipinski definition) is 0. The summed E-state index contributed by atoms with van der Waals surface area (Å²) in [5.41, 5.74) is 1.76. The summed E-state index contributed by atoms with van der Waals surface area (Å²) >= 11 is 0. The van der Waals surface area contributed by atoms with Crippen LogP contribution in [0.3, 0.4) is 0 Å². The first-order chi connectivity index (χ1) is 11.3. The zero-order chi connectivity index (χ0) is 15.6. The Labute approximate surface area is 133 Å². The van der Waals surface area contributed by atoms with Crippen molar-refractivity contribution >= 4 is 11.2 Å². The van der Waals surface area contributed by atoms with Crippen LogP contribution >= 0.6 is 0 Å². The van der Waals surface area contributed by atoms with Crippen molar-refractivity contribution in [2.75, 3.05) is 0 Å². The van der Waals surface area contributed by atoms with Crippen LogP contribution in [0.2, 0.25) is 0 Å². The van der Waals surface area contributed by atoms with E-state index >= 15 is 0 Å². The fourth-order valence-corrected chi connectivity index (χ4v) is 3.16. The van der Waals surface area contributed by atoms with E-state index in [2.05, 4.69) is 9.97 Å². The molecule has 6 nitrogen and oxygen atoms in total. The lowest BCUT2D eigenvalue weighted by molar-refractivity contribution is 0.0878. The molecule has 1 fully saturated rings. The Hall–Kier alpha value is -2.63. The molecule has 2 heterocycles. The Morgan fingerprint density at radius 1 is 1.09 bits per heavy atom. The Morgan fingerprint density at radius 3 is 2.65 bits per heavy atom. The number of hydrogen-bond acceptors (Lipinski definition) is 4. The highest BCUT2D eigenvalue weighted by Crippen LogP contribution is 2.30. The molecule has 0 radical (unpaired) electrons. The lowest BCUT2D eigenvalue weighted by atomic mass is 10.2. The molecule has 6 heteroatoms. The molecule has 0 N–H and O–H groups in total. The third-order valence-corrected chi connectivity index (χ3v) is 4.39. The molecule has 0 aliphatic heterocycles. The summed E-state index contributed by atoms with van der Waals surface area (Å²) in [5.74, 6) is 0. The van der Waals surface area contributed by atoms with Crippen LogP contribution < -0.4 is 10.4 Å². The van der Waals surface area contributed by atoms with Crippen LogP contribution in [0.1, 0.15) is 37.3 Å². The van der Waals surface area contributed by atoms with Gasteiger partial charge in [0.15, 0.2) is 11.2 Å². The van der Waals surface area contributed by atoms with Crippen LogP contribution in [0.15, 0.2) is 47.8 Å². The Bertz CT molecular complexity index is 863. The van der Waals surface area contributed by atoms with E-state index in [1.807, 2.05) is 34.9 Å². The number of imidazole rings is 1. The minimum atomic E-state index is -0.261. The van der Waals surface area contributed by atoms with Crippen molar-refractivity contribution in [3.63, 3.8) is 0 Å². The number of nitrogens with zero attached hydrogens (tertiary/aromatic N) is 4. The smallest absolute Gasteiger partial charge is 0.314 e. The van der Waals surface area contributed by atoms with Crippen molar-refractivity contribution in [3.05, 3.63) is 58.9 Å². The third kappa shape index (κ3) is 2.60. The van der Waals surface area contributed by atoms with Crippen LogP contribution in [-0.4, -0.2) is 19.3 Å². The van der Waals surface area contributed by atoms with Crippen LogP contribution in [0.5, 0.6) is 0 Å². The topological polar surface area (TPSA) is 61.9 Å². The predicted octanol–water partition coefficient (Wildman–Crippen LogP) is 2.34. The van der Waals surface area contributed by atoms with Crippen LogP contribution in [-0.2, 0) is 6.61 Å². The molecule has 118 valence electrons. The zero-order valence-electron chi connectivity index (χ0n) is 12.8. The number of fused-ring (bicyclic) bond motifs is 1. The quantitative estimate of drug-likeness (QED) is 0.742. The molecule has 2 aromatic heterocycles. The van der Waals surface area contributed by atoms with Gasteiger partial charge in [-0.3, -0.25) is 4.79 Å². The van der Waals surface area contributed by atoms with Crippen molar-refractivity contribution in [1.29, 1.82) is 0 Å². The molecule has 23 heavy (non-hydrogen) atoms. The molecule has 4 rings (SSSR count). The first kappa shape index (κ1) is 14.0. The van der Waals surface area contributed by atoms with Crippen molar-refractivity contribution in [2.24, 2.45) is 0 Å². The van der Waals surface area contributed by atoms with Gasteiger partial charge < -0.3 is 9.40 Å². The Morgan fingerprint density at radius 2 is 1.87 bits per heavy atom. The van der Waals surface area contributed by atoms with E-state index in [1.54, 1.807) is 6.33 Å². The molecular formula is C17H18N4O2. The standard InChI is InChI=1S/C17H18N4O2/c22-17-15-16(20(11-18-15)14-8-4-5-9-14)19-12-21(17)23-10-13-6-2-1-3-7-13/h1-3,6-7,11-12,14H,4-5,8-10H2. The summed E-state index contributed by atoms with van der Waals surface area (Å²) in [6.45, 7) is 0.317. The maximum absolute atomic E-state index is 12.5. The molecule has 3 aromatic rings. The lowest BCUT2D eigenvalue weighted by Crippen LogP contribution is -2.27. The number of benzene rings is 1. The first-order valence-corrected chi connectivity index (χ1v) is 7.94. The van der Waals surface area contributed by atoms with E-state index in [4.69, 9.17) is 4.84 Å². The van der Waals surface area contributed by atoms with Gasteiger partial charge in [0.05, 0.1) is 6.33 Å². The summed E-state index contributed by atoms with van der Waals surface area (Å²) in [6, 6.07) is 10.1. The highest BCUT2D eigenvalue weighted by molar-refractivity contribution is 5.69. The van der Waals surface area contributed by atoms with Gasteiger partial charge in [0.2, 0.25) is 0 Å². The summed E-state index contributed by atoms with van der Waals surface area (Å²) < 4.78 is 3.20. The molecule has 1 saturated carbocycles. The van der Waals surface area contributed by atoms with Gasteiger partial charge in [-0.2, -0.15) is 0 Å². The maximum atomic E-state index is 12.5. The van der Waals surface area contributed by atoms with Crippen molar-refractivity contribution < 1.29 is 4.84 Å².